The molecule has 0 radical (unpaired) electrons. The van der Waals surface area contributed by atoms with E-state index in [-0.39, 0.29) is 5.91 Å². The lowest BCUT2D eigenvalue weighted by Gasteiger charge is -2.34. The molecule has 1 heterocycles. The predicted molar refractivity (Wildman–Crippen MR) is 109 cm³/mol. The molecule has 1 amide bonds. The van der Waals surface area contributed by atoms with Crippen LogP contribution in [0.5, 0.6) is 0 Å². The maximum atomic E-state index is 11.3. The normalized spacial score (nSPS) is 17.8. The van der Waals surface area contributed by atoms with Crippen molar-refractivity contribution in [2.75, 3.05) is 26.2 Å². The minimum atomic E-state index is -0.218. The molecule has 1 aromatic rings. The van der Waals surface area contributed by atoms with E-state index in [1.807, 2.05) is 12.1 Å². The van der Waals surface area contributed by atoms with Gasteiger partial charge in [-0.25, -0.2) is 4.99 Å². The summed E-state index contributed by atoms with van der Waals surface area (Å²) in [6.45, 7) is 8.81. The molecular formula is C21H34N4O2. The molecule has 2 rings (SSSR count). The van der Waals surface area contributed by atoms with Gasteiger partial charge in [0.2, 0.25) is 5.91 Å². The zero-order valence-electron chi connectivity index (χ0n) is 16.7. The maximum absolute atomic E-state index is 11.3. The largest absolute Gasteiger partial charge is 0.377 e. The van der Waals surface area contributed by atoms with Crippen LogP contribution in [0.25, 0.3) is 0 Å². The molecule has 150 valence electrons. The molecule has 1 aliphatic heterocycles. The predicted octanol–water partition coefficient (Wildman–Crippen LogP) is 2.67. The Morgan fingerprint density at radius 1 is 1.33 bits per heavy atom. The lowest BCUT2D eigenvalue weighted by Crippen LogP contribution is -2.47. The number of carbonyl (C=O) groups is 1. The molecular weight excluding hydrogens is 340 g/mol. The van der Waals surface area contributed by atoms with Crippen LogP contribution >= 0.6 is 0 Å². The number of amides is 1. The highest BCUT2D eigenvalue weighted by Crippen LogP contribution is 2.20. The van der Waals surface area contributed by atoms with Crippen LogP contribution < -0.4 is 11.1 Å². The molecule has 1 saturated heterocycles. The number of likely N-dealkylation sites (tertiary alicyclic amines) is 1. The SMILES string of the molecule is CCCOCc1ccccc1CN=C(NCC)N1CCCC(CC(N)=O)C1. The van der Waals surface area contributed by atoms with E-state index in [4.69, 9.17) is 15.5 Å². The Kier molecular flexibility index (Phi) is 9.11. The number of nitrogens with zero attached hydrogens (tertiary/aromatic N) is 2. The summed E-state index contributed by atoms with van der Waals surface area (Å²) in [5.41, 5.74) is 7.77. The first-order valence-electron chi connectivity index (χ1n) is 10.1. The number of ether oxygens (including phenoxy) is 1. The summed E-state index contributed by atoms with van der Waals surface area (Å²) in [6, 6.07) is 8.31. The van der Waals surface area contributed by atoms with Gasteiger partial charge in [0.1, 0.15) is 0 Å². The minimum absolute atomic E-state index is 0.218. The molecule has 1 unspecified atom stereocenters. The quantitative estimate of drug-likeness (QED) is 0.396. The van der Waals surface area contributed by atoms with Crippen molar-refractivity contribution >= 4 is 11.9 Å². The highest BCUT2D eigenvalue weighted by atomic mass is 16.5. The van der Waals surface area contributed by atoms with Crippen LogP contribution in [-0.2, 0) is 22.7 Å². The lowest BCUT2D eigenvalue weighted by atomic mass is 9.95. The van der Waals surface area contributed by atoms with Gasteiger partial charge in [0.25, 0.3) is 0 Å². The van der Waals surface area contributed by atoms with Crippen molar-refractivity contribution in [3.05, 3.63) is 35.4 Å². The van der Waals surface area contributed by atoms with E-state index >= 15 is 0 Å². The molecule has 1 aromatic carbocycles. The zero-order chi connectivity index (χ0) is 19.5. The summed E-state index contributed by atoms with van der Waals surface area (Å²) in [4.78, 5) is 18.4. The van der Waals surface area contributed by atoms with E-state index in [9.17, 15) is 4.79 Å². The van der Waals surface area contributed by atoms with Gasteiger partial charge in [0.05, 0.1) is 13.2 Å². The third kappa shape index (κ3) is 7.21. The van der Waals surface area contributed by atoms with Crippen LogP contribution in [0, 0.1) is 5.92 Å². The second-order valence-corrected chi connectivity index (χ2v) is 7.12. The van der Waals surface area contributed by atoms with Gasteiger partial charge in [-0.15, -0.1) is 0 Å². The van der Waals surface area contributed by atoms with Gasteiger partial charge in [-0.2, -0.15) is 0 Å². The molecule has 0 bridgehead atoms. The number of guanidine groups is 1. The number of primary amides is 1. The summed E-state index contributed by atoms with van der Waals surface area (Å²) in [5.74, 6) is 1.01. The average Bonchev–Trinajstić information content (AvgIpc) is 2.66. The van der Waals surface area contributed by atoms with E-state index in [1.165, 1.54) is 11.1 Å². The number of rotatable bonds is 9. The third-order valence-electron chi connectivity index (χ3n) is 4.77. The van der Waals surface area contributed by atoms with Crippen molar-refractivity contribution in [1.82, 2.24) is 10.2 Å². The van der Waals surface area contributed by atoms with Crippen molar-refractivity contribution in [2.24, 2.45) is 16.6 Å². The smallest absolute Gasteiger partial charge is 0.217 e. The Hall–Kier alpha value is -2.08. The molecule has 1 fully saturated rings. The molecule has 3 N–H and O–H groups in total. The number of hydrogen-bond donors (Lipinski definition) is 2. The number of nitrogens with two attached hydrogens (primary N) is 1. The first-order chi connectivity index (χ1) is 13.1. The number of hydrogen-bond acceptors (Lipinski definition) is 3. The van der Waals surface area contributed by atoms with Crippen LogP contribution in [0.15, 0.2) is 29.3 Å². The van der Waals surface area contributed by atoms with Crippen LogP contribution in [0.4, 0.5) is 0 Å². The standard InChI is InChI=1S/C21H34N4O2/c1-3-12-27-16-19-10-6-5-9-18(19)14-24-21(23-4-2)25-11-7-8-17(15-25)13-20(22)26/h5-6,9-10,17H,3-4,7-8,11-16H2,1-2H3,(H2,22,26)(H,23,24). The lowest BCUT2D eigenvalue weighted by molar-refractivity contribution is -0.119. The van der Waals surface area contributed by atoms with E-state index in [0.717, 1.165) is 51.5 Å². The molecule has 0 spiro atoms. The maximum Gasteiger partial charge on any atom is 0.217 e. The van der Waals surface area contributed by atoms with Gasteiger partial charge in [-0.3, -0.25) is 4.79 Å². The summed E-state index contributed by atoms with van der Waals surface area (Å²) in [6.07, 6.45) is 3.58. The van der Waals surface area contributed by atoms with E-state index < -0.39 is 0 Å². The van der Waals surface area contributed by atoms with Gasteiger partial charge in [-0.1, -0.05) is 31.2 Å². The summed E-state index contributed by atoms with van der Waals surface area (Å²) >= 11 is 0. The van der Waals surface area contributed by atoms with Gasteiger partial charge >= 0.3 is 0 Å². The summed E-state index contributed by atoms with van der Waals surface area (Å²) < 4.78 is 5.71. The Balaban J connectivity index is 2.06. The Labute approximate surface area is 163 Å². The fourth-order valence-electron chi connectivity index (χ4n) is 3.47. The van der Waals surface area contributed by atoms with Crippen molar-refractivity contribution in [3.8, 4) is 0 Å². The Morgan fingerprint density at radius 3 is 2.81 bits per heavy atom. The zero-order valence-corrected chi connectivity index (χ0v) is 16.7. The number of nitrogens with one attached hydrogen (secondary N) is 1. The summed E-state index contributed by atoms with van der Waals surface area (Å²) in [5, 5.41) is 3.40. The molecule has 1 aliphatic rings. The van der Waals surface area contributed by atoms with Crippen LogP contribution in [0.1, 0.15) is 50.7 Å². The number of carbonyl (C=O) groups excluding carboxylic acids is 1. The third-order valence-corrected chi connectivity index (χ3v) is 4.77. The second-order valence-electron chi connectivity index (χ2n) is 7.12. The fraction of sp³-hybridized carbons (Fsp3) is 0.619. The summed E-state index contributed by atoms with van der Waals surface area (Å²) in [7, 11) is 0. The van der Waals surface area contributed by atoms with Gasteiger partial charge in [-0.05, 0) is 43.2 Å². The van der Waals surface area contributed by atoms with E-state index in [1.54, 1.807) is 0 Å². The van der Waals surface area contributed by atoms with Crippen LogP contribution in [-0.4, -0.2) is 43.0 Å². The average molecular weight is 375 g/mol. The van der Waals surface area contributed by atoms with Crippen molar-refractivity contribution in [2.45, 2.75) is 52.7 Å². The molecule has 0 aromatic heterocycles. The molecule has 6 nitrogen and oxygen atoms in total. The van der Waals surface area contributed by atoms with Crippen molar-refractivity contribution < 1.29 is 9.53 Å². The van der Waals surface area contributed by atoms with Crippen molar-refractivity contribution in [1.29, 1.82) is 0 Å². The topological polar surface area (TPSA) is 79.9 Å². The van der Waals surface area contributed by atoms with E-state index in [2.05, 4.69) is 36.2 Å². The van der Waals surface area contributed by atoms with Crippen LogP contribution in [0.2, 0.25) is 0 Å². The van der Waals surface area contributed by atoms with Crippen LogP contribution in [0.3, 0.4) is 0 Å². The first-order valence-corrected chi connectivity index (χ1v) is 10.1. The first kappa shape index (κ1) is 21.2. The second kappa shape index (κ2) is 11.6. The number of aliphatic imine (C=N–C) groups is 1. The Morgan fingerprint density at radius 2 is 2.11 bits per heavy atom. The molecule has 0 saturated carbocycles. The molecule has 6 heteroatoms. The molecule has 27 heavy (non-hydrogen) atoms. The highest BCUT2D eigenvalue weighted by Gasteiger charge is 2.23. The van der Waals surface area contributed by atoms with E-state index in [0.29, 0.717) is 25.5 Å². The number of piperidine rings is 1. The number of benzene rings is 1. The van der Waals surface area contributed by atoms with Gasteiger partial charge < -0.3 is 20.7 Å². The minimum Gasteiger partial charge on any atom is -0.377 e. The Bertz CT molecular complexity index is 618. The highest BCUT2D eigenvalue weighted by molar-refractivity contribution is 5.80. The van der Waals surface area contributed by atoms with Crippen molar-refractivity contribution in [3.63, 3.8) is 0 Å². The van der Waals surface area contributed by atoms with Gasteiger partial charge in [0, 0.05) is 32.7 Å². The van der Waals surface area contributed by atoms with Gasteiger partial charge in [0.15, 0.2) is 5.96 Å². The molecule has 1 atom stereocenters. The fourth-order valence-corrected chi connectivity index (χ4v) is 3.47. The molecule has 0 aliphatic carbocycles. The monoisotopic (exact) mass is 374 g/mol.